The topological polar surface area (TPSA) is 81.3 Å². The van der Waals surface area contributed by atoms with Gasteiger partial charge in [0.15, 0.2) is 0 Å². The van der Waals surface area contributed by atoms with E-state index >= 15 is 0 Å². The second-order valence-corrected chi connectivity index (χ2v) is 9.68. The van der Waals surface area contributed by atoms with E-state index in [4.69, 9.17) is 27.1 Å². The Morgan fingerprint density at radius 2 is 2.00 bits per heavy atom. The molecule has 0 radical (unpaired) electrons. The molecule has 0 bridgehead atoms. The van der Waals surface area contributed by atoms with Gasteiger partial charge in [-0.15, -0.1) is 0 Å². The van der Waals surface area contributed by atoms with Gasteiger partial charge in [-0.1, -0.05) is 30.2 Å². The van der Waals surface area contributed by atoms with Crippen LogP contribution in [0.2, 0.25) is 5.02 Å². The molecule has 2 aromatic rings. The Labute approximate surface area is 182 Å². The SMILES string of the molecule is CC(C)(C)OC(=O)N1CCc2cnc(CN)nc2C1C1(c2ccc(Cl)cc2)CCC1. The lowest BCUT2D eigenvalue weighted by Gasteiger charge is -2.53. The van der Waals surface area contributed by atoms with Gasteiger partial charge in [0.1, 0.15) is 11.4 Å². The summed E-state index contributed by atoms with van der Waals surface area (Å²) in [6.45, 7) is 6.52. The highest BCUT2D eigenvalue weighted by atomic mass is 35.5. The summed E-state index contributed by atoms with van der Waals surface area (Å²) in [5, 5.41) is 0.703. The Morgan fingerprint density at radius 3 is 2.57 bits per heavy atom. The average Bonchev–Trinajstić information content (AvgIpc) is 2.66. The van der Waals surface area contributed by atoms with Gasteiger partial charge in [0.2, 0.25) is 0 Å². The molecule has 1 saturated carbocycles. The van der Waals surface area contributed by atoms with Crippen molar-refractivity contribution in [1.29, 1.82) is 0 Å². The molecule has 30 heavy (non-hydrogen) atoms. The maximum Gasteiger partial charge on any atom is 0.410 e. The number of carbonyl (C=O) groups is 1. The van der Waals surface area contributed by atoms with E-state index in [2.05, 4.69) is 17.1 Å². The summed E-state index contributed by atoms with van der Waals surface area (Å²) >= 11 is 6.16. The Morgan fingerprint density at radius 1 is 1.30 bits per heavy atom. The van der Waals surface area contributed by atoms with Crippen molar-refractivity contribution in [2.45, 2.75) is 70.1 Å². The molecule has 0 spiro atoms. The minimum Gasteiger partial charge on any atom is -0.444 e. The van der Waals surface area contributed by atoms with E-state index in [0.717, 1.165) is 30.5 Å². The van der Waals surface area contributed by atoms with Crippen LogP contribution in [0.15, 0.2) is 30.5 Å². The van der Waals surface area contributed by atoms with Crippen LogP contribution in [0.25, 0.3) is 0 Å². The number of aromatic nitrogens is 2. The standard InChI is InChI=1S/C23H29ClN4O2/c1-22(2,3)30-21(29)28-12-9-15-14-26-18(13-25)27-19(15)20(28)23(10-4-11-23)16-5-7-17(24)8-6-16/h5-8,14,20H,4,9-13,25H2,1-3H3. The number of amides is 1. The van der Waals surface area contributed by atoms with E-state index in [0.29, 0.717) is 23.8 Å². The molecular formula is C23H29ClN4O2. The fourth-order valence-electron chi connectivity index (χ4n) is 4.64. The number of nitrogens with two attached hydrogens (primary N) is 1. The third-order valence-corrected chi connectivity index (χ3v) is 6.39. The lowest BCUT2D eigenvalue weighted by Crippen LogP contribution is -2.54. The molecule has 2 aliphatic rings. The highest BCUT2D eigenvalue weighted by Gasteiger charge is 2.53. The molecule has 1 aliphatic carbocycles. The van der Waals surface area contributed by atoms with Crippen molar-refractivity contribution in [2.75, 3.05) is 6.54 Å². The first-order valence-electron chi connectivity index (χ1n) is 10.5. The second kappa shape index (κ2) is 7.82. The van der Waals surface area contributed by atoms with Crippen molar-refractivity contribution >= 4 is 17.7 Å². The molecule has 0 saturated heterocycles. The number of benzene rings is 1. The number of carbonyl (C=O) groups excluding carboxylic acids is 1. The number of ether oxygens (including phenoxy) is 1. The van der Waals surface area contributed by atoms with E-state index in [1.807, 2.05) is 44.0 Å². The zero-order chi connectivity index (χ0) is 21.5. The first-order valence-corrected chi connectivity index (χ1v) is 10.9. The van der Waals surface area contributed by atoms with Gasteiger partial charge >= 0.3 is 6.09 Å². The number of hydrogen-bond donors (Lipinski definition) is 1. The molecule has 160 valence electrons. The highest BCUT2D eigenvalue weighted by molar-refractivity contribution is 6.30. The van der Waals surface area contributed by atoms with E-state index in [1.165, 1.54) is 5.56 Å². The smallest absolute Gasteiger partial charge is 0.410 e. The molecule has 2 heterocycles. The molecule has 1 aromatic carbocycles. The molecule has 6 nitrogen and oxygen atoms in total. The highest BCUT2D eigenvalue weighted by Crippen LogP contribution is 2.56. The molecule has 7 heteroatoms. The van der Waals surface area contributed by atoms with E-state index in [-0.39, 0.29) is 24.1 Å². The van der Waals surface area contributed by atoms with Crippen molar-refractivity contribution in [2.24, 2.45) is 5.73 Å². The van der Waals surface area contributed by atoms with Crippen LogP contribution >= 0.6 is 11.6 Å². The van der Waals surface area contributed by atoms with Crippen LogP contribution in [0.3, 0.4) is 0 Å². The van der Waals surface area contributed by atoms with Gasteiger partial charge in [-0.05, 0) is 63.3 Å². The largest absolute Gasteiger partial charge is 0.444 e. The maximum atomic E-state index is 13.3. The summed E-state index contributed by atoms with van der Waals surface area (Å²) in [7, 11) is 0. The van der Waals surface area contributed by atoms with Gasteiger partial charge < -0.3 is 10.5 Å². The van der Waals surface area contributed by atoms with Gasteiger partial charge in [0.25, 0.3) is 0 Å². The first-order chi connectivity index (χ1) is 14.2. The summed E-state index contributed by atoms with van der Waals surface area (Å²) < 4.78 is 5.80. The fraction of sp³-hybridized carbons (Fsp3) is 0.522. The van der Waals surface area contributed by atoms with Crippen molar-refractivity contribution < 1.29 is 9.53 Å². The third-order valence-electron chi connectivity index (χ3n) is 6.14. The number of hydrogen-bond acceptors (Lipinski definition) is 5. The molecule has 2 N–H and O–H groups in total. The normalized spacial score (nSPS) is 20.3. The fourth-order valence-corrected chi connectivity index (χ4v) is 4.77. The van der Waals surface area contributed by atoms with Gasteiger partial charge in [0.05, 0.1) is 18.3 Å². The van der Waals surface area contributed by atoms with Crippen LogP contribution in [-0.2, 0) is 23.1 Å². The van der Waals surface area contributed by atoms with Crippen LogP contribution in [0, 0.1) is 0 Å². The first kappa shape index (κ1) is 21.1. The van der Waals surface area contributed by atoms with Crippen molar-refractivity contribution in [3.63, 3.8) is 0 Å². The molecule has 1 amide bonds. The minimum absolute atomic E-state index is 0.223. The van der Waals surface area contributed by atoms with Crippen LogP contribution in [-0.4, -0.2) is 33.1 Å². The summed E-state index contributed by atoms with van der Waals surface area (Å²) in [5.74, 6) is 0.593. The number of rotatable bonds is 3. The van der Waals surface area contributed by atoms with Crippen molar-refractivity contribution in [1.82, 2.24) is 14.9 Å². The lowest BCUT2D eigenvalue weighted by atomic mass is 9.58. The minimum atomic E-state index is -0.566. The lowest BCUT2D eigenvalue weighted by molar-refractivity contribution is -0.00935. The van der Waals surface area contributed by atoms with Gasteiger partial charge in [-0.2, -0.15) is 0 Å². The van der Waals surface area contributed by atoms with Crippen LogP contribution in [0.5, 0.6) is 0 Å². The Kier molecular flexibility index (Phi) is 5.49. The number of nitrogens with zero attached hydrogens (tertiary/aromatic N) is 3. The summed E-state index contributed by atoms with van der Waals surface area (Å²) in [4.78, 5) is 24.4. The molecular weight excluding hydrogens is 400 g/mol. The predicted molar refractivity (Wildman–Crippen MR) is 116 cm³/mol. The van der Waals surface area contributed by atoms with Gasteiger partial charge in [0, 0.05) is 23.2 Å². The monoisotopic (exact) mass is 428 g/mol. The predicted octanol–water partition coefficient (Wildman–Crippen LogP) is 4.54. The summed E-state index contributed by atoms with van der Waals surface area (Å²) in [5.41, 5.74) is 8.21. The quantitative estimate of drug-likeness (QED) is 0.775. The Hall–Kier alpha value is -2.18. The Balaban J connectivity index is 1.84. The van der Waals surface area contributed by atoms with Crippen LogP contribution in [0.4, 0.5) is 4.79 Å². The molecule has 1 atom stereocenters. The zero-order valence-corrected chi connectivity index (χ0v) is 18.6. The van der Waals surface area contributed by atoms with Crippen molar-refractivity contribution in [3.8, 4) is 0 Å². The molecule has 1 aromatic heterocycles. The maximum absolute atomic E-state index is 13.3. The number of halogens is 1. The van der Waals surface area contributed by atoms with E-state index in [1.54, 1.807) is 0 Å². The van der Waals surface area contributed by atoms with Crippen LogP contribution in [0.1, 0.15) is 68.7 Å². The summed E-state index contributed by atoms with van der Waals surface area (Å²) in [6, 6.07) is 7.77. The third kappa shape index (κ3) is 3.79. The van der Waals surface area contributed by atoms with E-state index < -0.39 is 5.60 Å². The molecule has 1 fully saturated rings. The Bertz CT molecular complexity index is 935. The number of fused-ring (bicyclic) bond motifs is 1. The van der Waals surface area contributed by atoms with Crippen LogP contribution < -0.4 is 5.73 Å². The van der Waals surface area contributed by atoms with Crippen molar-refractivity contribution in [3.05, 3.63) is 58.1 Å². The second-order valence-electron chi connectivity index (χ2n) is 9.24. The molecule has 1 unspecified atom stereocenters. The summed E-state index contributed by atoms with van der Waals surface area (Å²) in [6.07, 6.45) is 5.32. The van der Waals surface area contributed by atoms with Gasteiger partial charge in [-0.25, -0.2) is 14.8 Å². The van der Waals surface area contributed by atoms with E-state index in [9.17, 15) is 4.79 Å². The van der Waals surface area contributed by atoms with Gasteiger partial charge in [-0.3, -0.25) is 4.90 Å². The average molecular weight is 429 g/mol. The zero-order valence-electron chi connectivity index (χ0n) is 17.8. The molecule has 1 aliphatic heterocycles. The molecule has 4 rings (SSSR count).